The Hall–Kier alpha value is -2.43. The van der Waals surface area contributed by atoms with Crippen LogP contribution in [0.4, 0.5) is 11.5 Å². The van der Waals surface area contributed by atoms with E-state index in [-0.39, 0.29) is 10.7 Å². The van der Waals surface area contributed by atoms with Crippen LogP contribution in [0.25, 0.3) is 0 Å². The monoisotopic (exact) mass is 411 g/mol. The summed E-state index contributed by atoms with van der Waals surface area (Å²) in [6, 6.07) is 9.35. The van der Waals surface area contributed by atoms with Crippen molar-refractivity contribution in [3.63, 3.8) is 0 Å². The van der Waals surface area contributed by atoms with Gasteiger partial charge in [-0.15, -0.1) is 21.5 Å². The Balaban J connectivity index is 1.65. The predicted molar refractivity (Wildman–Crippen MR) is 100 cm³/mol. The van der Waals surface area contributed by atoms with E-state index in [1.165, 1.54) is 42.7 Å². The molecule has 0 aliphatic carbocycles. The van der Waals surface area contributed by atoms with Gasteiger partial charge in [-0.2, -0.15) is 0 Å². The second-order valence-electron chi connectivity index (χ2n) is 5.02. The Bertz CT molecular complexity index is 975. The maximum Gasteiger partial charge on any atom is 0.263 e. The number of nitrogens with one attached hydrogen (secondary N) is 2. The van der Waals surface area contributed by atoms with Gasteiger partial charge in [0.1, 0.15) is 0 Å². The van der Waals surface area contributed by atoms with Crippen LogP contribution in [0.15, 0.2) is 47.5 Å². The molecule has 11 heteroatoms. The van der Waals surface area contributed by atoms with Crippen molar-refractivity contribution in [3.8, 4) is 5.88 Å². The first-order valence-corrected chi connectivity index (χ1v) is 9.99. The second-order valence-corrected chi connectivity index (χ2v) is 8.40. The molecule has 0 spiro atoms. The average molecular weight is 412 g/mol. The minimum Gasteiger partial charge on any atom is -0.480 e. The molecule has 0 radical (unpaired) electrons. The lowest BCUT2D eigenvalue weighted by molar-refractivity contribution is 0.392. The molecule has 0 bridgehead atoms. The third-order valence-electron chi connectivity index (χ3n) is 3.24. The minimum atomic E-state index is -3.76. The molecule has 0 saturated heterocycles. The molecule has 0 aliphatic heterocycles. The van der Waals surface area contributed by atoms with E-state index in [9.17, 15) is 8.42 Å². The van der Waals surface area contributed by atoms with Gasteiger partial charge in [-0.05, 0) is 30.3 Å². The highest BCUT2D eigenvalue weighted by molar-refractivity contribution is 7.92. The number of anilines is 2. The molecule has 0 aliphatic rings. The van der Waals surface area contributed by atoms with Crippen molar-refractivity contribution in [2.45, 2.75) is 11.4 Å². The fourth-order valence-electron chi connectivity index (χ4n) is 1.99. The summed E-state index contributed by atoms with van der Waals surface area (Å²) in [6.45, 7) is 0.552. The molecule has 3 rings (SSSR count). The van der Waals surface area contributed by atoms with Crippen LogP contribution in [0.3, 0.4) is 0 Å². The predicted octanol–water partition coefficient (Wildman–Crippen LogP) is 3.01. The van der Waals surface area contributed by atoms with Crippen LogP contribution >= 0.6 is 22.9 Å². The number of thiazole rings is 1. The Labute approximate surface area is 159 Å². The summed E-state index contributed by atoms with van der Waals surface area (Å²) in [5.74, 6) is 0.403. The van der Waals surface area contributed by atoms with E-state index in [2.05, 4.69) is 25.2 Å². The van der Waals surface area contributed by atoms with Gasteiger partial charge in [-0.1, -0.05) is 11.6 Å². The SMILES string of the molecule is COc1ccc(NS(=O)(=O)c2ccc(NCc3cnc(Cl)s3)cc2)nn1. The summed E-state index contributed by atoms with van der Waals surface area (Å²) in [6.07, 6.45) is 1.69. The normalized spacial score (nSPS) is 11.2. The molecule has 26 heavy (non-hydrogen) atoms. The van der Waals surface area contributed by atoms with Crippen LogP contribution in [0.2, 0.25) is 4.47 Å². The number of aromatic nitrogens is 3. The number of methoxy groups -OCH3 is 1. The van der Waals surface area contributed by atoms with Crippen molar-refractivity contribution in [2.24, 2.45) is 0 Å². The highest BCUT2D eigenvalue weighted by Gasteiger charge is 2.15. The lowest BCUT2D eigenvalue weighted by Gasteiger charge is -2.09. The molecule has 8 nitrogen and oxygen atoms in total. The van der Waals surface area contributed by atoms with Gasteiger partial charge in [0, 0.05) is 22.8 Å². The zero-order valence-corrected chi connectivity index (χ0v) is 15.9. The van der Waals surface area contributed by atoms with Gasteiger partial charge < -0.3 is 10.1 Å². The summed E-state index contributed by atoms with van der Waals surface area (Å²) >= 11 is 7.17. The molecule has 2 heterocycles. The van der Waals surface area contributed by atoms with Crippen LogP contribution < -0.4 is 14.8 Å². The number of nitrogens with zero attached hydrogens (tertiary/aromatic N) is 3. The Kier molecular flexibility index (Phi) is 5.55. The molecule has 1 aromatic carbocycles. The van der Waals surface area contributed by atoms with Crippen molar-refractivity contribution in [1.82, 2.24) is 15.2 Å². The molecular formula is C15H14ClN5O3S2. The first-order chi connectivity index (χ1) is 12.5. The van der Waals surface area contributed by atoms with Crippen molar-refractivity contribution in [1.29, 1.82) is 0 Å². The van der Waals surface area contributed by atoms with Crippen LogP contribution in [-0.2, 0) is 16.6 Å². The van der Waals surface area contributed by atoms with Gasteiger partial charge in [-0.25, -0.2) is 13.4 Å². The zero-order chi connectivity index (χ0) is 18.6. The third-order valence-corrected chi connectivity index (χ3v) is 5.73. The number of benzene rings is 1. The maximum absolute atomic E-state index is 12.4. The first-order valence-electron chi connectivity index (χ1n) is 7.31. The minimum absolute atomic E-state index is 0.107. The molecule has 0 unspecified atom stereocenters. The van der Waals surface area contributed by atoms with Crippen molar-refractivity contribution in [3.05, 3.63) is 51.9 Å². The number of ether oxygens (including phenoxy) is 1. The standard InChI is InChI=1S/C15H14ClN5O3S2/c1-24-14-7-6-13(19-20-14)21-26(22,23)12-4-2-10(3-5-12)17-8-11-9-18-15(16)25-11/h2-7,9,17H,8H2,1H3,(H,19,21). The van der Waals surface area contributed by atoms with Crippen LogP contribution in [0.5, 0.6) is 5.88 Å². The fraction of sp³-hybridized carbons (Fsp3) is 0.133. The van der Waals surface area contributed by atoms with Gasteiger partial charge >= 0.3 is 0 Å². The van der Waals surface area contributed by atoms with E-state index in [0.717, 1.165) is 10.6 Å². The van der Waals surface area contributed by atoms with Crippen molar-refractivity contribution >= 4 is 44.5 Å². The third kappa shape index (κ3) is 4.59. The molecule has 0 saturated carbocycles. The number of hydrogen-bond donors (Lipinski definition) is 2. The molecule has 0 fully saturated rings. The van der Waals surface area contributed by atoms with E-state index in [1.807, 2.05) is 0 Å². The average Bonchev–Trinajstić information content (AvgIpc) is 3.06. The van der Waals surface area contributed by atoms with Crippen molar-refractivity contribution < 1.29 is 13.2 Å². The van der Waals surface area contributed by atoms with Gasteiger partial charge in [0.2, 0.25) is 5.88 Å². The second kappa shape index (κ2) is 7.85. The quantitative estimate of drug-likeness (QED) is 0.615. The van der Waals surface area contributed by atoms with E-state index >= 15 is 0 Å². The smallest absolute Gasteiger partial charge is 0.263 e. The molecule has 0 amide bonds. The topological polar surface area (TPSA) is 106 Å². The molecule has 2 N–H and O–H groups in total. The summed E-state index contributed by atoms with van der Waals surface area (Å²) in [7, 11) is -2.31. The largest absolute Gasteiger partial charge is 0.480 e. The number of halogens is 1. The lowest BCUT2D eigenvalue weighted by Crippen LogP contribution is -2.14. The highest BCUT2D eigenvalue weighted by Crippen LogP contribution is 2.21. The summed E-state index contributed by atoms with van der Waals surface area (Å²) in [4.78, 5) is 5.05. The Morgan fingerprint density at radius 2 is 1.92 bits per heavy atom. The highest BCUT2D eigenvalue weighted by atomic mass is 35.5. The van der Waals surface area contributed by atoms with E-state index in [1.54, 1.807) is 18.3 Å². The zero-order valence-electron chi connectivity index (χ0n) is 13.5. The lowest BCUT2D eigenvalue weighted by atomic mass is 10.3. The summed E-state index contributed by atoms with van der Waals surface area (Å²) in [5, 5.41) is 10.6. The summed E-state index contributed by atoms with van der Waals surface area (Å²) < 4.78 is 32.5. The molecule has 0 atom stereocenters. The van der Waals surface area contributed by atoms with Gasteiger partial charge in [-0.3, -0.25) is 4.72 Å². The molecular weight excluding hydrogens is 398 g/mol. The number of rotatable bonds is 7. The fourth-order valence-corrected chi connectivity index (χ4v) is 3.90. The molecule has 3 aromatic rings. The molecule has 136 valence electrons. The Morgan fingerprint density at radius 1 is 1.15 bits per heavy atom. The molecule has 2 aromatic heterocycles. The van der Waals surface area contributed by atoms with Gasteiger partial charge in [0.25, 0.3) is 10.0 Å². The van der Waals surface area contributed by atoms with Gasteiger partial charge in [0.15, 0.2) is 10.3 Å². The van der Waals surface area contributed by atoms with Crippen LogP contribution in [-0.4, -0.2) is 30.7 Å². The van der Waals surface area contributed by atoms with Gasteiger partial charge in [0.05, 0.1) is 18.6 Å². The first kappa shape index (κ1) is 18.4. The number of sulfonamides is 1. The van der Waals surface area contributed by atoms with Crippen molar-refractivity contribution in [2.75, 3.05) is 17.1 Å². The maximum atomic E-state index is 12.4. The van der Waals surface area contributed by atoms with E-state index in [4.69, 9.17) is 16.3 Å². The number of hydrogen-bond acceptors (Lipinski definition) is 8. The van der Waals surface area contributed by atoms with Crippen LogP contribution in [0, 0.1) is 0 Å². The summed E-state index contributed by atoms with van der Waals surface area (Å²) in [5.41, 5.74) is 0.776. The Morgan fingerprint density at radius 3 is 2.50 bits per heavy atom. The van der Waals surface area contributed by atoms with E-state index < -0.39 is 10.0 Å². The van der Waals surface area contributed by atoms with Crippen LogP contribution in [0.1, 0.15) is 4.88 Å². The van der Waals surface area contributed by atoms with E-state index in [0.29, 0.717) is 16.9 Å².